The van der Waals surface area contributed by atoms with Gasteiger partial charge in [-0.05, 0) is 24.3 Å². The highest BCUT2D eigenvalue weighted by Gasteiger charge is 2.25. The lowest BCUT2D eigenvalue weighted by atomic mass is 10.1. The van der Waals surface area contributed by atoms with Crippen LogP contribution in [0, 0.1) is 0 Å². The summed E-state index contributed by atoms with van der Waals surface area (Å²) in [6.07, 6.45) is 1.91. The highest BCUT2D eigenvalue weighted by atomic mass is 32.2. The molecule has 7 heteroatoms. The number of anilines is 1. The van der Waals surface area contributed by atoms with Crippen LogP contribution in [0.25, 0.3) is 11.3 Å². The van der Waals surface area contributed by atoms with E-state index in [9.17, 15) is 13.2 Å². The Morgan fingerprint density at radius 3 is 2.35 bits per heavy atom. The number of benzene rings is 1. The summed E-state index contributed by atoms with van der Waals surface area (Å²) >= 11 is 0. The number of aldehydes is 1. The van der Waals surface area contributed by atoms with E-state index in [2.05, 4.69) is 4.90 Å². The molecular weight excluding hydrogens is 316 g/mol. The van der Waals surface area contributed by atoms with Crippen molar-refractivity contribution >= 4 is 22.0 Å². The van der Waals surface area contributed by atoms with Crippen molar-refractivity contribution in [1.82, 2.24) is 4.31 Å². The molecule has 0 bridgehead atoms. The van der Waals surface area contributed by atoms with Crippen molar-refractivity contribution in [3.8, 4) is 11.3 Å². The summed E-state index contributed by atoms with van der Waals surface area (Å²) in [6, 6.07) is 11.2. The Balaban J connectivity index is 1.86. The number of rotatable bonds is 4. The Kier molecular flexibility index (Phi) is 4.23. The molecule has 0 spiro atoms. The van der Waals surface area contributed by atoms with Crippen LogP contribution in [0.15, 0.2) is 40.8 Å². The Morgan fingerprint density at radius 1 is 1.04 bits per heavy atom. The van der Waals surface area contributed by atoms with Gasteiger partial charge in [0.05, 0.1) is 6.26 Å². The number of carbonyl (C=O) groups is 1. The quantitative estimate of drug-likeness (QED) is 0.798. The van der Waals surface area contributed by atoms with E-state index in [1.165, 1.54) is 10.6 Å². The second-order valence-electron chi connectivity index (χ2n) is 5.49. The minimum atomic E-state index is -3.14. The molecule has 0 atom stereocenters. The van der Waals surface area contributed by atoms with Gasteiger partial charge in [-0.15, -0.1) is 0 Å². The minimum absolute atomic E-state index is 0.289. The van der Waals surface area contributed by atoms with Crippen LogP contribution >= 0.6 is 0 Å². The van der Waals surface area contributed by atoms with Crippen LogP contribution in [-0.2, 0) is 10.0 Å². The molecule has 0 saturated carbocycles. The monoisotopic (exact) mass is 334 g/mol. The zero-order valence-corrected chi connectivity index (χ0v) is 13.6. The largest absolute Gasteiger partial charge is 0.453 e. The molecule has 1 aliphatic rings. The molecule has 0 N–H and O–H groups in total. The van der Waals surface area contributed by atoms with E-state index in [1.807, 2.05) is 24.3 Å². The highest BCUT2D eigenvalue weighted by Crippen LogP contribution is 2.32. The van der Waals surface area contributed by atoms with E-state index in [0.29, 0.717) is 38.2 Å². The number of hydrogen-bond acceptors (Lipinski definition) is 5. The van der Waals surface area contributed by atoms with Crippen LogP contribution in [0.5, 0.6) is 0 Å². The van der Waals surface area contributed by atoms with E-state index < -0.39 is 10.0 Å². The molecule has 1 saturated heterocycles. The third-order valence-electron chi connectivity index (χ3n) is 3.96. The van der Waals surface area contributed by atoms with Gasteiger partial charge in [-0.25, -0.2) is 8.42 Å². The smallest absolute Gasteiger partial charge is 0.211 e. The van der Waals surface area contributed by atoms with Crippen LogP contribution in [0.3, 0.4) is 0 Å². The summed E-state index contributed by atoms with van der Waals surface area (Å²) in [4.78, 5) is 12.9. The number of carbonyl (C=O) groups excluding carboxylic acids is 1. The SMILES string of the molecule is CS(=O)(=O)N1CCN(c2ccccc2-c2ccc(C=O)o2)CC1. The lowest BCUT2D eigenvalue weighted by Crippen LogP contribution is -2.48. The van der Waals surface area contributed by atoms with Crippen LogP contribution in [-0.4, -0.2) is 51.4 Å². The summed E-state index contributed by atoms with van der Waals surface area (Å²) in [6.45, 7) is 2.16. The van der Waals surface area contributed by atoms with Crippen LogP contribution in [0.2, 0.25) is 0 Å². The maximum absolute atomic E-state index is 11.6. The van der Waals surface area contributed by atoms with Gasteiger partial charge in [0.2, 0.25) is 10.0 Å². The van der Waals surface area contributed by atoms with E-state index >= 15 is 0 Å². The van der Waals surface area contributed by atoms with E-state index in [4.69, 9.17) is 4.42 Å². The first-order valence-electron chi connectivity index (χ1n) is 7.33. The number of nitrogens with zero attached hydrogens (tertiary/aromatic N) is 2. The van der Waals surface area contributed by atoms with Crippen molar-refractivity contribution < 1.29 is 17.6 Å². The summed E-state index contributed by atoms with van der Waals surface area (Å²) in [5.74, 6) is 0.921. The van der Waals surface area contributed by atoms with E-state index in [0.717, 1.165) is 11.3 Å². The number of furan rings is 1. The van der Waals surface area contributed by atoms with Crippen molar-refractivity contribution in [2.24, 2.45) is 0 Å². The normalized spacial score (nSPS) is 16.5. The molecule has 122 valence electrons. The van der Waals surface area contributed by atoms with Gasteiger partial charge in [-0.3, -0.25) is 4.79 Å². The maximum atomic E-state index is 11.6. The molecule has 1 aromatic heterocycles. The number of hydrogen-bond donors (Lipinski definition) is 0. The fourth-order valence-corrected chi connectivity index (χ4v) is 3.61. The summed E-state index contributed by atoms with van der Waals surface area (Å²) in [5.41, 5.74) is 1.88. The second-order valence-corrected chi connectivity index (χ2v) is 7.47. The maximum Gasteiger partial charge on any atom is 0.211 e. The molecule has 1 fully saturated rings. The number of sulfonamides is 1. The summed E-state index contributed by atoms with van der Waals surface area (Å²) < 4.78 is 30.2. The lowest BCUT2D eigenvalue weighted by Gasteiger charge is -2.35. The highest BCUT2D eigenvalue weighted by molar-refractivity contribution is 7.88. The van der Waals surface area contributed by atoms with Gasteiger partial charge in [-0.1, -0.05) is 12.1 Å². The van der Waals surface area contributed by atoms with Gasteiger partial charge in [0, 0.05) is 37.4 Å². The van der Waals surface area contributed by atoms with Crippen molar-refractivity contribution in [3.63, 3.8) is 0 Å². The van der Waals surface area contributed by atoms with Gasteiger partial charge in [0.1, 0.15) is 5.76 Å². The van der Waals surface area contributed by atoms with Gasteiger partial charge in [-0.2, -0.15) is 4.31 Å². The zero-order chi connectivity index (χ0) is 16.4. The molecule has 23 heavy (non-hydrogen) atoms. The second kappa shape index (κ2) is 6.17. The third-order valence-corrected chi connectivity index (χ3v) is 5.26. The van der Waals surface area contributed by atoms with Crippen molar-refractivity contribution in [3.05, 3.63) is 42.2 Å². The summed E-state index contributed by atoms with van der Waals surface area (Å²) in [5, 5.41) is 0. The van der Waals surface area contributed by atoms with Crippen LogP contribution in [0.4, 0.5) is 5.69 Å². The number of para-hydroxylation sites is 1. The van der Waals surface area contributed by atoms with E-state index in [1.54, 1.807) is 12.1 Å². The van der Waals surface area contributed by atoms with Crippen LogP contribution in [0.1, 0.15) is 10.6 Å². The molecule has 0 amide bonds. The average molecular weight is 334 g/mol. The average Bonchev–Trinajstić information content (AvgIpc) is 3.03. The molecule has 0 unspecified atom stereocenters. The number of piperazine rings is 1. The Morgan fingerprint density at radius 2 is 1.74 bits per heavy atom. The Hall–Kier alpha value is -2.12. The molecular formula is C16H18N2O4S. The molecule has 2 heterocycles. The van der Waals surface area contributed by atoms with Gasteiger partial charge in [0.25, 0.3) is 0 Å². The third kappa shape index (κ3) is 3.30. The molecule has 0 radical (unpaired) electrons. The zero-order valence-electron chi connectivity index (χ0n) is 12.8. The van der Waals surface area contributed by atoms with Gasteiger partial charge < -0.3 is 9.32 Å². The molecule has 1 aromatic carbocycles. The van der Waals surface area contributed by atoms with Crippen molar-refractivity contribution in [2.45, 2.75) is 0 Å². The van der Waals surface area contributed by atoms with E-state index in [-0.39, 0.29) is 5.76 Å². The Labute approximate surface area is 135 Å². The van der Waals surface area contributed by atoms with Crippen LogP contribution < -0.4 is 4.90 Å². The molecule has 1 aliphatic heterocycles. The first-order chi connectivity index (χ1) is 11.0. The first-order valence-corrected chi connectivity index (χ1v) is 9.18. The molecule has 3 rings (SSSR count). The van der Waals surface area contributed by atoms with Gasteiger partial charge in [0.15, 0.2) is 12.0 Å². The first kappa shape index (κ1) is 15.8. The van der Waals surface area contributed by atoms with Crippen molar-refractivity contribution in [2.75, 3.05) is 37.3 Å². The fraction of sp³-hybridized carbons (Fsp3) is 0.312. The Bertz CT molecular complexity index is 805. The molecule has 6 nitrogen and oxygen atoms in total. The standard InChI is InChI=1S/C16H18N2O4S/c1-23(20,21)18-10-8-17(9-11-18)15-5-3-2-4-14(15)16-7-6-13(12-19)22-16/h2-7,12H,8-11H2,1H3. The predicted octanol–water partition coefficient (Wildman–Crippen LogP) is 1.84. The summed E-state index contributed by atoms with van der Waals surface area (Å²) in [7, 11) is -3.14. The topological polar surface area (TPSA) is 70.8 Å². The lowest BCUT2D eigenvalue weighted by molar-refractivity contribution is 0.110. The van der Waals surface area contributed by atoms with Crippen molar-refractivity contribution in [1.29, 1.82) is 0 Å². The fourth-order valence-electron chi connectivity index (χ4n) is 2.78. The molecule has 2 aromatic rings. The predicted molar refractivity (Wildman–Crippen MR) is 88.2 cm³/mol. The van der Waals surface area contributed by atoms with Gasteiger partial charge >= 0.3 is 0 Å². The minimum Gasteiger partial charge on any atom is -0.453 e. The molecule has 0 aliphatic carbocycles.